The summed E-state index contributed by atoms with van der Waals surface area (Å²) >= 11 is 1.82. The van der Waals surface area contributed by atoms with Crippen LogP contribution in [0, 0.1) is 5.92 Å². The fourth-order valence-corrected chi connectivity index (χ4v) is 3.60. The van der Waals surface area contributed by atoms with Crippen molar-refractivity contribution in [2.75, 3.05) is 26.7 Å². The van der Waals surface area contributed by atoms with E-state index in [1.165, 1.54) is 31.5 Å². The van der Waals surface area contributed by atoms with Crippen LogP contribution in [0.2, 0.25) is 0 Å². The van der Waals surface area contributed by atoms with Gasteiger partial charge in [0, 0.05) is 6.04 Å². The molecule has 0 radical (unpaired) electrons. The summed E-state index contributed by atoms with van der Waals surface area (Å²) in [4.78, 5) is 2.63. The lowest BCUT2D eigenvalue weighted by molar-refractivity contribution is 0.0985. The second kappa shape index (κ2) is 5.80. The van der Waals surface area contributed by atoms with Gasteiger partial charge >= 0.3 is 0 Å². The van der Waals surface area contributed by atoms with Crippen molar-refractivity contribution in [1.29, 1.82) is 0 Å². The van der Waals surface area contributed by atoms with E-state index in [0.29, 0.717) is 6.04 Å². The molecule has 1 saturated heterocycles. The third-order valence-electron chi connectivity index (χ3n) is 3.62. The molecule has 2 unspecified atom stereocenters. The van der Waals surface area contributed by atoms with Gasteiger partial charge in [-0.2, -0.15) is 11.3 Å². The maximum atomic E-state index is 3.35. The topological polar surface area (TPSA) is 15.3 Å². The number of hydrogen-bond acceptors (Lipinski definition) is 3. The second-order valence-corrected chi connectivity index (χ2v) is 5.37. The van der Waals surface area contributed by atoms with Crippen LogP contribution in [0.15, 0.2) is 16.8 Å². The van der Waals surface area contributed by atoms with Crippen LogP contribution in [0.1, 0.15) is 31.4 Å². The molecule has 0 amide bonds. The standard InChI is InChI=1S/C13H22N2S/c1-3-15-7-4-5-11(9-14-2)13(15)12-6-8-16-10-12/h6,8,10-11,13-14H,3-5,7,9H2,1-2H3. The van der Waals surface area contributed by atoms with Gasteiger partial charge in [-0.1, -0.05) is 6.92 Å². The summed E-state index contributed by atoms with van der Waals surface area (Å²) in [5.74, 6) is 0.772. The van der Waals surface area contributed by atoms with Crippen molar-refractivity contribution >= 4 is 11.3 Å². The monoisotopic (exact) mass is 238 g/mol. The number of rotatable bonds is 4. The molecule has 2 atom stereocenters. The highest BCUT2D eigenvalue weighted by molar-refractivity contribution is 7.07. The molecule has 1 N–H and O–H groups in total. The number of likely N-dealkylation sites (tertiary alicyclic amines) is 1. The minimum absolute atomic E-state index is 0.637. The van der Waals surface area contributed by atoms with Crippen molar-refractivity contribution < 1.29 is 0 Å². The zero-order valence-corrected chi connectivity index (χ0v) is 11.1. The van der Waals surface area contributed by atoms with Gasteiger partial charge in [-0.15, -0.1) is 0 Å². The zero-order valence-electron chi connectivity index (χ0n) is 10.3. The first-order valence-electron chi connectivity index (χ1n) is 6.27. The highest BCUT2D eigenvalue weighted by atomic mass is 32.1. The molecule has 1 aromatic heterocycles. The smallest absolute Gasteiger partial charge is 0.0396 e. The van der Waals surface area contributed by atoms with E-state index < -0.39 is 0 Å². The van der Waals surface area contributed by atoms with E-state index in [1.54, 1.807) is 0 Å². The molecule has 1 aromatic rings. The minimum atomic E-state index is 0.637. The summed E-state index contributed by atoms with van der Waals surface area (Å²) in [6.07, 6.45) is 2.71. The van der Waals surface area contributed by atoms with Gasteiger partial charge in [-0.05, 0) is 67.8 Å². The van der Waals surface area contributed by atoms with Crippen molar-refractivity contribution in [2.45, 2.75) is 25.8 Å². The van der Waals surface area contributed by atoms with Gasteiger partial charge in [0.2, 0.25) is 0 Å². The zero-order chi connectivity index (χ0) is 11.4. The number of nitrogens with zero attached hydrogens (tertiary/aromatic N) is 1. The molecule has 2 nitrogen and oxygen atoms in total. The van der Waals surface area contributed by atoms with Crippen LogP contribution in [-0.2, 0) is 0 Å². The van der Waals surface area contributed by atoms with Crippen LogP contribution in [0.4, 0.5) is 0 Å². The van der Waals surface area contributed by atoms with E-state index >= 15 is 0 Å². The van der Waals surface area contributed by atoms with Crippen LogP contribution in [0.5, 0.6) is 0 Å². The van der Waals surface area contributed by atoms with E-state index in [0.717, 1.165) is 12.5 Å². The Morgan fingerprint density at radius 2 is 2.44 bits per heavy atom. The Kier molecular flexibility index (Phi) is 4.38. The van der Waals surface area contributed by atoms with Crippen LogP contribution in [-0.4, -0.2) is 31.6 Å². The first kappa shape index (κ1) is 12.1. The summed E-state index contributed by atoms with van der Waals surface area (Å²) in [5.41, 5.74) is 1.52. The molecular weight excluding hydrogens is 216 g/mol. The Morgan fingerprint density at radius 3 is 3.06 bits per heavy atom. The van der Waals surface area contributed by atoms with Gasteiger partial charge in [-0.25, -0.2) is 0 Å². The first-order valence-corrected chi connectivity index (χ1v) is 7.21. The Balaban J connectivity index is 2.17. The highest BCUT2D eigenvalue weighted by Gasteiger charge is 2.31. The lowest BCUT2D eigenvalue weighted by Crippen LogP contribution is -2.41. The van der Waals surface area contributed by atoms with Crippen molar-refractivity contribution in [2.24, 2.45) is 5.92 Å². The summed E-state index contributed by atoms with van der Waals surface area (Å²) in [7, 11) is 2.07. The van der Waals surface area contributed by atoms with E-state index in [2.05, 4.69) is 41.0 Å². The Bertz CT molecular complexity index is 295. The Hall–Kier alpha value is -0.380. The molecule has 1 aliphatic heterocycles. The van der Waals surface area contributed by atoms with Crippen LogP contribution >= 0.6 is 11.3 Å². The number of piperidine rings is 1. The Labute approximate surface area is 103 Å². The molecule has 0 bridgehead atoms. The van der Waals surface area contributed by atoms with Crippen LogP contribution in [0.25, 0.3) is 0 Å². The maximum Gasteiger partial charge on any atom is 0.0396 e. The molecule has 0 aliphatic carbocycles. The van der Waals surface area contributed by atoms with Gasteiger partial charge in [0.05, 0.1) is 0 Å². The number of thiophene rings is 1. The van der Waals surface area contributed by atoms with E-state index in [4.69, 9.17) is 0 Å². The lowest BCUT2D eigenvalue weighted by atomic mass is 9.85. The fraction of sp³-hybridized carbons (Fsp3) is 0.692. The van der Waals surface area contributed by atoms with Gasteiger partial charge in [0.1, 0.15) is 0 Å². The second-order valence-electron chi connectivity index (χ2n) is 4.59. The molecule has 90 valence electrons. The molecule has 0 aromatic carbocycles. The van der Waals surface area contributed by atoms with Gasteiger partial charge in [-0.3, -0.25) is 4.90 Å². The van der Waals surface area contributed by atoms with Crippen molar-refractivity contribution in [3.63, 3.8) is 0 Å². The van der Waals surface area contributed by atoms with E-state index in [9.17, 15) is 0 Å². The summed E-state index contributed by atoms with van der Waals surface area (Å²) in [6.45, 7) is 5.84. The molecular formula is C13H22N2S. The average Bonchev–Trinajstić information content (AvgIpc) is 2.82. The van der Waals surface area contributed by atoms with Gasteiger partial charge < -0.3 is 5.32 Å². The molecule has 0 saturated carbocycles. The molecule has 2 rings (SSSR count). The van der Waals surface area contributed by atoms with E-state index in [-0.39, 0.29) is 0 Å². The van der Waals surface area contributed by atoms with Crippen molar-refractivity contribution in [3.8, 4) is 0 Å². The largest absolute Gasteiger partial charge is 0.319 e. The highest BCUT2D eigenvalue weighted by Crippen LogP contribution is 2.36. The Morgan fingerprint density at radius 1 is 1.56 bits per heavy atom. The predicted molar refractivity (Wildman–Crippen MR) is 71.0 cm³/mol. The molecule has 3 heteroatoms. The third kappa shape index (κ3) is 2.47. The van der Waals surface area contributed by atoms with Crippen LogP contribution in [0.3, 0.4) is 0 Å². The molecule has 1 fully saturated rings. The SMILES string of the molecule is CCN1CCCC(CNC)C1c1ccsc1. The molecule has 2 heterocycles. The normalized spacial score (nSPS) is 27.1. The summed E-state index contributed by atoms with van der Waals surface area (Å²) < 4.78 is 0. The van der Waals surface area contributed by atoms with Gasteiger partial charge in [0.25, 0.3) is 0 Å². The predicted octanol–water partition coefficient (Wildman–Crippen LogP) is 2.74. The third-order valence-corrected chi connectivity index (χ3v) is 4.32. The summed E-state index contributed by atoms with van der Waals surface area (Å²) in [6, 6.07) is 2.93. The van der Waals surface area contributed by atoms with E-state index in [1.807, 2.05) is 11.3 Å². The quantitative estimate of drug-likeness (QED) is 0.867. The molecule has 1 aliphatic rings. The summed E-state index contributed by atoms with van der Waals surface area (Å²) in [5, 5.41) is 7.87. The van der Waals surface area contributed by atoms with Crippen molar-refractivity contribution in [3.05, 3.63) is 22.4 Å². The lowest BCUT2D eigenvalue weighted by Gasteiger charge is -2.40. The average molecular weight is 238 g/mol. The number of hydrogen-bond donors (Lipinski definition) is 1. The number of nitrogens with one attached hydrogen (secondary N) is 1. The van der Waals surface area contributed by atoms with Gasteiger partial charge in [0.15, 0.2) is 0 Å². The minimum Gasteiger partial charge on any atom is -0.319 e. The molecule has 0 spiro atoms. The van der Waals surface area contributed by atoms with Crippen LogP contribution < -0.4 is 5.32 Å². The fourth-order valence-electron chi connectivity index (χ4n) is 2.91. The van der Waals surface area contributed by atoms with Crippen molar-refractivity contribution in [1.82, 2.24) is 10.2 Å². The molecule has 16 heavy (non-hydrogen) atoms. The first-order chi connectivity index (χ1) is 7.86. The maximum absolute atomic E-state index is 3.35.